The second-order valence-electron chi connectivity index (χ2n) is 7.40. The van der Waals surface area contributed by atoms with Crippen LogP contribution >= 0.6 is 0 Å². The molecule has 5 nitrogen and oxygen atoms in total. The van der Waals surface area contributed by atoms with Crippen molar-refractivity contribution in [1.82, 2.24) is 9.38 Å². The molecule has 3 aromatic rings. The molecule has 0 amide bonds. The summed E-state index contributed by atoms with van der Waals surface area (Å²) in [6.45, 7) is 6.71. The van der Waals surface area contributed by atoms with E-state index < -0.39 is 11.6 Å². The number of Topliss-reactive ketones (excluding diaryl/α,β-unsaturated/α-hetero) is 1. The van der Waals surface area contributed by atoms with Crippen molar-refractivity contribution in [2.45, 2.75) is 40.7 Å². The monoisotopic (exact) mass is 412 g/mol. The molecule has 156 valence electrons. The van der Waals surface area contributed by atoms with Gasteiger partial charge in [0, 0.05) is 6.20 Å². The van der Waals surface area contributed by atoms with Crippen LogP contribution < -0.4 is 4.74 Å². The Kier molecular flexibility index (Phi) is 6.10. The molecule has 0 atom stereocenters. The lowest BCUT2D eigenvalue weighted by atomic mass is 10.1. The first kappa shape index (κ1) is 21.4. The zero-order valence-electron chi connectivity index (χ0n) is 17.3. The number of pyridine rings is 1. The van der Waals surface area contributed by atoms with E-state index in [2.05, 4.69) is 4.98 Å². The summed E-state index contributed by atoms with van der Waals surface area (Å²) in [5.74, 6) is -1.76. The van der Waals surface area contributed by atoms with Crippen LogP contribution in [0.5, 0.6) is 5.75 Å². The number of carbonyl (C=O) groups excluding carboxylic acids is 2. The average Bonchev–Trinajstić information content (AvgIpc) is 2.96. The first-order chi connectivity index (χ1) is 14.2. The molecule has 2 aromatic heterocycles. The Morgan fingerprint density at radius 1 is 1.17 bits per heavy atom. The van der Waals surface area contributed by atoms with Crippen molar-refractivity contribution in [2.24, 2.45) is 0 Å². The number of fused-ring (bicyclic) bond motifs is 1. The summed E-state index contributed by atoms with van der Waals surface area (Å²) >= 11 is 0. The van der Waals surface area contributed by atoms with Gasteiger partial charge in [0.25, 0.3) is 0 Å². The highest BCUT2D eigenvalue weighted by Gasteiger charge is 2.21. The van der Waals surface area contributed by atoms with Gasteiger partial charge in [0.2, 0.25) is 0 Å². The van der Waals surface area contributed by atoms with Gasteiger partial charge < -0.3 is 4.74 Å². The molecule has 1 aromatic carbocycles. The van der Waals surface area contributed by atoms with Crippen molar-refractivity contribution < 1.29 is 23.1 Å². The van der Waals surface area contributed by atoms with E-state index in [0.717, 1.165) is 23.3 Å². The third-order valence-electron chi connectivity index (χ3n) is 4.48. The van der Waals surface area contributed by atoms with Crippen LogP contribution in [-0.2, 0) is 11.4 Å². The quantitative estimate of drug-likeness (QED) is 0.314. The van der Waals surface area contributed by atoms with Crippen molar-refractivity contribution in [3.63, 3.8) is 0 Å². The smallest absolute Gasteiger partial charge is 0.189 e. The Labute approximate surface area is 173 Å². The minimum absolute atomic E-state index is 0.191. The SMILES string of the molecule is CC(C)=CC(=O)CC(=O)c1c(C)nc2c(OCc3c(F)cccc3F)cc(C)cn12. The largest absolute Gasteiger partial charge is 0.485 e. The fourth-order valence-electron chi connectivity index (χ4n) is 3.24. The van der Waals surface area contributed by atoms with Gasteiger partial charge in [0.1, 0.15) is 23.9 Å². The number of carbonyl (C=O) groups is 2. The second kappa shape index (κ2) is 8.57. The predicted octanol–water partition coefficient (Wildman–Crippen LogP) is 4.92. The number of rotatable bonds is 7. The zero-order valence-corrected chi connectivity index (χ0v) is 17.3. The van der Waals surface area contributed by atoms with Crippen molar-refractivity contribution in [3.05, 3.63) is 76.3 Å². The maximum absolute atomic E-state index is 13.9. The van der Waals surface area contributed by atoms with Gasteiger partial charge in [-0.25, -0.2) is 13.8 Å². The molecule has 0 spiro atoms. The second-order valence-corrected chi connectivity index (χ2v) is 7.40. The first-order valence-corrected chi connectivity index (χ1v) is 9.43. The third kappa shape index (κ3) is 4.45. The minimum Gasteiger partial charge on any atom is -0.485 e. The van der Waals surface area contributed by atoms with E-state index >= 15 is 0 Å². The summed E-state index contributed by atoms with van der Waals surface area (Å²) in [4.78, 5) is 29.2. The summed E-state index contributed by atoms with van der Waals surface area (Å²) in [5, 5.41) is 0. The summed E-state index contributed by atoms with van der Waals surface area (Å²) in [5.41, 5.74) is 2.45. The van der Waals surface area contributed by atoms with Gasteiger partial charge in [0.05, 0.1) is 17.7 Å². The number of aryl methyl sites for hydroxylation is 2. The molecule has 2 heterocycles. The summed E-state index contributed by atoms with van der Waals surface area (Å²) < 4.78 is 35.1. The van der Waals surface area contributed by atoms with Gasteiger partial charge in [-0.05, 0) is 57.5 Å². The van der Waals surface area contributed by atoms with Crippen molar-refractivity contribution >= 4 is 17.2 Å². The van der Waals surface area contributed by atoms with E-state index in [9.17, 15) is 18.4 Å². The lowest BCUT2D eigenvalue weighted by Gasteiger charge is -2.11. The number of ether oxygens (including phenoxy) is 1. The number of halogens is 2. The summed E-state index contributed by atoms with van der Waals surface area (Å²) in [6, 6.07) is 5.29. The Morgan fingerprint density at radius 2 is 1.83 bits per heavy atom. The van der Waals surface area contributed by atoms with E-state index in [1.54, 1.807) is 44.4 Å². The predicted molar refractivity (Wildman–Crippen MR) is 109 cm³/mol. The number of hydrogen-bond acceptors (Lipinski definition) is 4. The highest BCUT2D eigenvalue weighted by atomic mass is 19.1. The third-order valence-corrected chi connectivity index (χ3v) is 4.48. The van der Waals surface area contributed by atoms with Crippen LogP contribution in [-0.4, -0.2) is 21.0 Å². The van der Waals surface area contributed by atoms with E-state index in [1.165, 1.54) is 12.1 Å². The molecule has 30 heavy (non-hydrogen) atoms. The summed E-state index contributed by atoms with van der Waals surface area (Å²) in [7, 11) is 0. The van der Waals surface area contributed by atoms with Gasteiger partial charge in [0.15, 0.2) is 23.0 Å². The number of imidazole rings is 1. The number of ketones is 2. The van der Waals surface area contributed by atoms with Crippen molar-refractivity contribution in [1.29, 1.82) is 0 Å². The molecule has 0 N–H and O–H groups in total. The van der Waals surface area contributed by atoms with Gasteiger partial charge >= 0.3 is 0 Å². The first-order valence-electron chi connectivity index (χ1n) is 9.43. The van der Waals surface area contributed by atoms with Crippen LogP contribution in [0.3, 0.4) is 0 Å². The molecule has 0 saturated carbocycles. The fraction of sp³-hybridized carbons (Fsp3) is 0.261. The molecule has 0 bridgehead atoms. The molecule has 3 rings (SSSR count). The Hall–Kier alpha value is -3.35. The van der Waals surface area contributed by atoms with E-state index in [1.807, 2.05) is 0 Å². The van der Waals surface area contributed by atoms with E-state index in [0.29, 0.717) is 11.3 Å². The Bertz CT molecular complexity index is 1150. The molecule has 0 aliphatic heterocycles. The van der Waals surface area contributed by atoms with Gasteiger partial charge in [-0.2, -0.15) is 0 Å². The van der Waals surface area contributed by atoms with Crippen LogP contribution in [0.25, 0.3) is 5.65 Å². The minimum atomic E-state index is -0.702. The number of hydrogen-bond donors (Lipinski definition) is 0. The van der Waals surface area contributed by atoms with Crippen LogP contribution in [0, 0.1) is 25.5 Å². The van der Waals surface area contributed by atoms with E-state index in [-0.39, 0.29) is 41.6 Å². The molecule has 0 radical (unpaired) electrons. The standard InChI is InChI=1S/C23H22F2N2O3/c1-13(2)8-16(28)10-20(29)22-15(4)26-23-21(9-14(3)11-27(22)23)30-12-17-18(24)6-5-7-19(17)25/h5-9,11H,10,12H2,1-4H3. The van der Waals surface area contributed by atoms with Crippen LogP contribution in [0.1, 0.15) is 47.6 Å². The topological polar surface area (TPSA) is 60.7 Å². The van der Waals surface area contributed by atoms with Gasteiger partial charge in [-0.3, -0.25) is 14.0 Å². The fourth-order valence-corrected chi connectivity index (χ4v) is 3.24. The average molecular weight is 412 g/mol. The molecule has 7 heteroatoms. The van der Waals surface area contributed by atoms with Crippen molar-refractivity contribution in [3.8, 4) is 5.75 Å². The molecule has 0 aliphatic carbocycles. The highest BCUT2D eigenvalue weighted by molar-refractivity contribution is 6.11. The maximum Gasteiger partial charge on any atom is 0.189 e. The number of aromatic nitrogens is 2. The molecular formula is C23H22F2N2O3. The van der Waals surface area contributed by atoms with Crippen molar-refractivity contribution in [2.75, 3.05) is 0 Å². The summed E-state index contributed by atoms with van der Waals surface area (Å²) in [6.07, 6.45) is 2.87. The highest BCUT2D eigenvalue weighted by Crippen LogP contribution is 2.26. The number of allylic oxidation sites excluding steroid dienone is 2. The number of benzene rings is 1. The zero-order chi connectivity index (χ0) is 22.0. The Morgan fingerprint density at radius 3 is 2.47 bits per heavy atom. The molecular weight excluding hydrogens is 390 g/mol. The van der Waals surface area contributed by atoms with Crippen LogP contribution in [0.4, 0.5) is 8.78 Å². The Balaban J connectivity index is 1.97. The van der Waals surface area contributed by atoms with Crippen LogP contribution in [0.15, 0.2) is 42.1 Å². The number of nitrogens with zero attached hydrogens (tertiary/aromatic N) is 2. The molecule has 0 saturated heterocycles. The lowest BCUT2D eigenvalue weighted by Crippen LogP contribution is -2.11. The molecule has 0 aliphatic rings. The van der Waals surface area contributed by atoms with Gasteiger partial charge in [-0.15, -0.1) is 0 Å². The lowest BCUT2D eigenvalue weighted by molar-refractivity contribution is -0.113. The van der Waals surface area contributed by atoms with Crippen LogP contribution in [0.2, 0.25) is 0 Å². The molecule has 0 unspecified atom stereocenters. The maximum atomic E-state index is 13.9. The van der Waals surface area contributed by atoms with E-state index in [4.69, 9.17) is 4.74 Å². The normalized spacial score (nSPS) is 10.9. The van der Waals surface area contributed by atoms with Gasteiger partial charge in [-0.1, -0.05) is 11.6 Å². The molecule has 0 fully saturated rings.